The van der Waals surface area contributed by atoms with Crippen LogP contribution in [0.1, 0.15) is 122 Å². The van der Waals surface area contributed by atoms with Crippen molar-refractivity contribution in [1.82, 2.24) is 0 Å². The number of aryl methyl sites for hydroxylation is 1. The highest BCUT2D eigenvalue weighted by molar-refractivity contribution is 5.78. The lowest BCUT2D eigenvalue weighted by molar-refractivity contribution is -0.121. The summed E-state index contributed by atoms with van der Waals surface area (Å²) in [7, 11) is 0. The molecule has 172 valence electrons. The summed E-state index contributed by atoms with van der Waals surface area (Å²) in [6.45, 7) is 3.99. The highest BCUT2D eigenvalue weighted by Gasteiger charge is 2.12. The summed E-state index contributed by atoms with van der Waals surface area (Å²) in [4.78, 5) is 11.7. The van der Waals surface area contributed by atoms with Crippen molar-refractivity contribution in [3.8, 4) is 11.5 Å². The third-order valence-electron chi connectivity index (χ3n) is 6.29. The van der Waals surface area contributed by atoms with E-state index in [0.717, 1.165) is 31.2 Å². The van der Waals surface area contributed by atoms with Crippen LogP contribution in [0.2, 0.25) is 0 Å². The Morgan fingerprint density at radius 3 is 1.73 bits per heavy atom. The van der Waals surface area contributed by atoms with E-state index in [9.17, 15) is 15.0 Å². The lowest BCUT2D eigenvalue weighted by Gasteiger charge is -2.13. The summed E-state index contributed by atoms with van der Waals surface area (Å²) in [5, 5.41) is 18.8. The SMILES string of the molecule is CCCCCC(CCCCCCCCCCCCCc1ccc(O)c(O)c1)C(C)=O. The lowest BCUT2D eigenvalue weighted by Crippen LogP contribution is -2.10. The molecule has 0 bridgehead atoms. The fourth-order valence-electron chi connectivity index (χ4n) is 4.23. The Kier molecular flexibility index (Phi) is 15.2. The van der Waals surface area contributed by atoms with Gasteiger partial charge in [-0.2, -0.15) is 0 Å². The van der Waals surface area contributed by atoms with Gasteiger partial charge in [0.2, 0.25) is 0 Å². The Balaban J connectivity index is 1.89. The number of aromatic hydroxyl groups is 2. The molecule has 0 spiro atoms. The van der Waals surface area contributed by atoms with Gasteiger partial charge >= 0.3 is 0 Å². The molecular weight excluding hydrogens is 372 g/mol. The van der Waals surface area contributed by atoms with Gasteiger partial charge in [0.05, 0.1) is 0 Å². The molecule has 0 radical (unpaired) electrons. The van der Waals surface area contributed by atoms with E-state index >= 15 is 0 Å². The van der Waals surface area contributed by atoms with Crippen LogP contribution in [-0.2, 0) is 11.2 Å². The highest BCUT2D eigenvalue weighted by atomic mass is 16.3. The summed E-state index contributed by atoms with van der Waals surface area (Å²) in [5.41, 5.74) is 1.10. The van der Waals surface area contributed by atoms with E-state index in [1.54, 1.807) is 19.1 Å². The number of benzene rings is 1. The van der Waals surface area contributed by atoms with Gasteiger partial charge in [-0.3, -0.25) is 4.79 Å². The number of hydrogen-bond acceptors (Lipinski definition) is 3. The second kappa shape index (κ2) is 17.2. The molecular formula is C27H46O3. The minimum absolute atomic E-state index is 0.0156. The normalized spacial score (nSPS) is 12.2. The van der Waals surface area contributed by atoms with Crippen molar-refractivity contribution in [2.45, 2.75) is 123 Å². The van der Waals surface area contributed by atoms with E-state index in [-0.39, 0.29) is 11.5 Å². The maximum absolute atomic E-state index is 11.7. The Morgan fingerprint density at radius 2 is 1.23 bits per heavy atom. The number of rotatable bonds is 19. The van der Waals surface area contributed by atoms with Gasteiger partial charge in [-0.05, 0) is 50.3 Å². The predicted molar refractivity (Wildman–Crippen MR) is 127 cm³/mol. The number of ketones is 1. The second-order valence-corrected chi connectivity index (χ2v) is 9.05. The molecule has 1 aromatic carbocycles. The Hall–Kier alpha value is -1.51. The molecule has 0 aliphatic carbocycles. The standard InChI is InChI=1S/C27H46O3/c1-3-4-14-18-25(23(2)28)19-16-13-11-9-7-5-6-8-10-12-15-17-24-20-21-26(29)27(30)22-24/h20-22,25,29-30H,3-19H2,1-2H3. The van der Waals surface area contributed by atoms with Crippen LogP contribution in [0, 0.1) is 5.92 Å². The molecule has 1 atom stereocenters. The topological polar surface area (TPSA) is 57.5 Å². The highest BCUT2D eigenvalue weighted by Crippen LogP contribution is 2.25. The molecule has 0 aliphatic rings. The van der Waals surface area contributed by atoms with Crippen LogP contribution in [0.4, 0.5) is 0 Å². The van der Waals surface area contributed by atoms with Crippen LogP contribution >= 0.6 is 0 Å². The summed E-state index contributed by atoms with van der Waals surface area (Å²) in [5.74, 6) is 0.656. The number of unbranched alkanes of at least 4 members (excludes halogenated alkanes) is 12. The predicted octanol–water partition coefficient (Wildman–Crippen LogP) is 8.11. The molecule has 0 saturated carbocycles. The molecule has 0 amide bonds. The number of phenolic OH excluding ortho intramolecular Hbond substituents is 2. The van der Waals surface area contributed by atoms with Gasteiger partial charge in [0.1, 0.15) is 5.78 Å². The number of carbonyl (C=O) groups is 1. The molecule has 0 fully saturated rings. The van der Waals surface area contributed by atoms with Crippen LogP contribution in [0.3, 0.4) is 0 Å². The third kappa shape index (κ3) is 12.9. The van der Waals surface area contributed by atoms with E-state index in [0.29, 0.717) is 11.7 Å². The quantitative estimate of drug-likeness (QED) is 0.176. The van der Waals surface area contributed by atoms with E-state index in [2.05, 4.69) is 6.92 Å². The maximum atomic E-state index is 11.7. The van der Waals surface area contributed by atoms with Crippen molar-refractivity contribution >= 4 is 5.78 Å². The zero-order valence-electron chi connectivity index (χ0n) is 19.6. The van der Waals surface area contributed by atoms with E-state index < -0.39 is 0 Å². The van der Waals surface area contributed by atoms with Crippen molar-refractivity contribution in [1.29, 1.82) is 0 Å². The van der Waals surface area contributed by atoms with Crippen molar-refractivity contribution in [2.24, 2.45) is 5.92 Å². The number of Topliss-reactive ketones (excluding diaryl/α,β-unsaturated/α-hetero) is 1. The molecule has 1 unspecified atom stereocenters. The van der Waals surface area contributed by atoms with Crippen LogP contribution < -0.4 is 0 Å². The summed E-state index contributed by atoms with van der Waals surface area (Å²) in [6, 6.07) is 5.13. The molecule has 3 heteroatoms. The Labute approximate surface area is 185 Å². The minimum atomic E-state index is -0.0404. The van der Waals surface area contributed by atoms with Crippen LogP contribution in [0.15, 0.2) is 18.2 Å². The smallest absolute Gasteiger partial charge is 0.157 e. The van der Waals surface area contributed by atoms with Crippen molar-refractivity contribution in [2.75, 3.05) is 0 Å². The Bertz CT molecular complexity index is 567. The lowest BCUT2D eigenvalue weighted by atomic mass is 9.91. The van der Waals surface area contributed by atoms with Gasteiger partial charge in [0.15, 0.2) is 11.5 Å². The molecule has 0 aliphatic heterocycles. The second-order valence-electron chi connectivity index (χ2n) is 9.05. The first-order valence-electron chi connectivity index (χ1n) is 12.6. The molecule has 0 aromatic heterocycles. The van der Waals surface area contributed by atoms with Crippen molar-refractivity contribution in [3.05, 3.63) is 23.8 Å². The van der Waals surface area contributed by atoms with Crippen LogP contribution in [0.25, 0.3) is 0 Å². The van der Waals surface area contributed by atoms with Gasteiger partial charge < -0.3 is 10.2 Å². The molecule has 3 nitrogen and oxygen atoms in total. The van der Waals surface area contributed by atoms with Gasteiger partial charge in [0, 0.05) is 5.92 Å². The summed E-state index contributed by atoms with van der Waals surface area (Å²) >= 11 is 0. The average molecular weight is 419 g/mol. The van der Waals surface area contributed by atoms with Gasteiger partial charge in [-0.15, -0.1) is 0 Å². The molecule has 1 rings (SSSR count). The molecule has 30 heavy (non-hydrogen) atoms. The first kappa shape index (κ1) is 26.5. The van der Waals surface area contributed by atoms with Gasteiger partial charge in [0.25, 0.3) is 0 Å². The van der Waals surface area contributed by atoms with Gasteiger partial charge in [-0.25, -0.2) is 0 Å². The van der Waals surface area contributed by atoms with Gasteiger partial charge in [-0.1, -0.05) is 96.5 Å². The number of hydrogen-bond donors (Lipinski definition) is 2. The molecule has 0 heterocycles. The minimum Gasteiger partial charge on any atom is -0.504 e. The molecule has 2 N–H and O–H groups in total. The van der Waals surface area contributed by atoms with Crippen LogP contribution in [-0.4, -0.2) is 16.0 Å². The Morgan fingerprint density at radius 1 is 0.733 bits per heavy atom. The zero-order valence-corrected chi connectivity index (χ0v) is 19.6. The van der Waals surface area contributed by atoms with E-state index in [1.807, 2.05) is 6.07 Å². The average Bonchev–Trinajstić information content (AvgIpc) is 2.72. The zero-order chi connectivity index (χ0) is 22.0. The summed E-state index contributed by atoms with van der Waals surface area (Å²) < 4.78 is 0. The van der Waals surface area contributed by atoms with Crippen molar-refractivity contribution < 1.29 is 15.0 Å². The molecule has 0 saturated heterocycles. The largest absolute Gasteiger partial charge is 0.504 e. The van der Waals surface area contributed by atoms with Crippen molar-refractivity contribution in [3.63, 3.8) is 0 Å². The van der Waals surface area contributed by atoms with E-state index in [4.69, 9.17) is 0 Å². The monoisotopic (exact) mass is 418 g/mol. The maximum Gasteiger partial charge on any atom is 0.157 e. The summed E-state index contributed by atoms with van der Waals surface area (Å²) in [6.07, 6.45) is 21.0. The fraction of sp³-hybridized carbons (Fsp3) is 0.741. The first-order valence-corrected chi connectivity index (χ1v) is 12.6. The number of phenols is 2. The third-order valence-corrected chi connectivity index (χ3v) is 6.29. The fourth-order valence-corrected chi connectivity index (χ4v) is 4.23. The number of carbonyl (C=O) groups excluding carboxylic acids is 1. The van der Waals surface area contributed by atoms with E-state index in [1.165, 1.54) is 83.5 Å². The molecule has 1 aromatic rings. The first-order chi connectivity index (χ1) is 14.5. The van der Waals surface area contributed by atoms with Crippen LogP contribution in [0.5, 0.6) is 11.5 Å².